The van der Waals surface area contributed by atoms with Gasteiger partial charge in [-0.1, -0.05) is 13.8 Å². The number of aliphatic carboxylic acids is 1. The Labute approximate surface area is 94.5 Å². The Morgan fingerprint density at radius 2 is 2.19 bits per heavy atom. The van der Waals surface area contributed by atoms with Crippen LogP contribution in [0.15, 0.2) is 0 Å². The van der Waals surface area contributed by atoms with Gasteiger partial charge in [0.05, 0.1) is 0 Å². The van der Waals surface area contributed by atoms with E-state index in [1.54, 1.807) is 0 Å². The van der Waals surface area contributed by atoms with Gasteiger partial charge >= 0.3 is 5.97 Å². The molecule has 0 bridgehead atoms. The molecule has 90 valence electrons. The fraction of sp³-hybridized carbons (Fsp3) is 0.700. The van der Waals surface area contributed by atoms with E-state index in [4.69, 9.17) is 10.8 Å². The lowest BCUT2D eigenvalue weighted by Crippen LogP contribution is -2.24. The largest absolute Gasteiger partial charge is 0.480 e. The van der Waals surface area contributed by atoms with E-state index in [1.165, 1.54) is 4.68 Å². The van der Waals surface area contributed by atoms with E-state index in [-0.39, 0.29) is 0 Å². The second-order valence-corrected chi connectivity index (χ2v) is 3.53. The number of carboxylic acid groups (broad SMARTS) is 1. The lowest BCUT2D eigenvalue weighted by atomic mass is 10.2. The topological polar surface area (TPSA) is 94.0 Å². The van der Waals surface area contributed by atoms with Crippen LogP contribution >= 0.6 is 0 Å². The number of hydrogen-bond donors (Lipinski definition) is 2. The normalized spacial score (nSPS) is 12.7. The van der Waals surface area contributed by atoms with Gasteiger partial charge in [-0.05, 0) is 13.0 Å². The standard InChI is InChI=1S/C10H18N4O2/c1-3-8-12-9(4-2)14(13-8)7(5-6-11)10(15)16/h7H,3-6,11H2,1-2H3,(H,15,16). The van der Waals surface area contributed by atoms with Crippen molar-refractivity contribution in [2.75, 3.05) is 6.54 Å². The lowest BCUT2D eigenvalue weighted by Gasteiger charge is -2.13. The molecule has 6 heteroatoms. The molecule has 3 N–H and O–H groups in total. The van der Waals surface area contributed by atoms with Gasteiger partial charge in [0.25, 0.3) is 0 Å². The minimum Gasteiger partial charge on any atom is -0.480 e. The Morgan fingerprint density at radius 1 is 1.50 bits per heavy atom. The third kappa shape index (κ3) is 2.57. The number of carboxylic acids is 1. The average Bonchev–Trinajstić information content (AvgIpc) is 2.68. The van der Waals surface area contributed by atoms with Gasteiger partial charge < -0.3 is 10.8 Å². The molecule has 1 aromatic heterocycles. The average molecular weight is 226 g/mol. The number of nitrogens with two attached hydrogens (primary N) is 1. The van der Waals surface area contributed by atoms with Crippen LogP contribution < -0.4 is 5.73 Å². The molecule has 6 nitrogen and oxygen atoms in total. The van der Waals surface area contributed by atoms with Gasteiger partial charge in [0.1, 0.15) is 5.82 Å². The van der Waals surface area contributed by atoms with Crippen LogP contribution in [0.1, 0.15) is 38.0 Å². The first kappa shape index (κ1) is 12.6. The smallest absolute Gasteiger partial charge is 0.328 e. The van der Waals surface area contributed by atoms with E-state index in [2.05, 4.69) is 10.1 Å². The molecule has 0 aliphatic carbocycles. The number of aromatic nitrogens is 3. The molecule has 0 spiro atoms. The fourth-order valence-electron chi connectivity index (χ4n) is 1.55. The third-order valence-corrected chi connectivity index (χ3v) is 2.40. The van der Waals surface area contributed by atoms with Crippen LogP contribution in [0.25, 0.3) is 0 Å². The Morgan fingerprint density at radius 3 is 2.62 bits per heavy atom. The number of carbonyl (C=O) groups is 1. The molecule has 0 amide bonds. The van der Waals surface area contributed by atoms with Gasteiger partial charge in [0.15, 0.2) is 11.9 Å². The summed E-state index contributed by atoms with van der Waals surface area (Å²) in [4.78, 5) is 15.4. The highest BCUT2D eigenvalue weighted by atomic mass is 16.4. The Balaban J connectivity index is 3.06. The zero-order chi connectivity index (χ0) is 12.1. The maximum absolute atomic E-state index is 11.1. The van der Waals surface area contributed by atoms with Crippen LogP contribution in [0.3, 0.4) is 0 Å². The molecule has 1 unspecified atom stereocenters. The van der Waals surface area contributed by atoms with Gasteiger partial charge in [-0.2, -0.15) is 5.10 Å². The molecule has 1 heterocycles. The Bertz CT molecular complexity index is 362. The number of rotatable bonds is 6. The molecule has 0 saturated carbocycles. The Hall–Kier alpha value is -1.43. The van der Waals surface area contributed by atoms with E-state index < -0.39 is 12.0 Å². The first-order valence-corrected chi connectivity index (χ1v) is 5.51. The maximum Gasteiger partial charge on any atom is 0.328 e. The second kappa shape index (κ2) is 5.60. The minimum atomic E-state index is -0.910. The highest BCUT2D eigenvalue weighted by molar-refractivity contribution is 5.71. The van der Waals surface area contributed by atoms with Crippen molar-refractivity contribution in [1.82, 2.24) is 14.8 Å². The van der Waals surface area contributed by atoms with Crippen LogP contribution in [0.2, 0.25) is 0 Å². The van der Waals surface area contributed by atoms with Crippen molar-refractivity contribution >= 4 is 5.97 Å². The van der Waals surface area contributed by atoms with Crippen LogP contribution in [0.4, 0.5) is 0 Å². The maximum atomic E-state index is 11.1. The molecule has 0 radical (unpaired) electrons. The van der Waals surface area contributed by atoms with E-state index in [1.807, 2.05) is 13.8 Å². The highest BCUT2D eigenvalue weighted by Crippen LogP contribution is 2.13. The van der Waals surface area contributed by atoms with Crippen LogP contribution in [0, 0.1) is 0 Å². The summed E-state index contributed by atoms with van der Waals surface area (Å²) < 4.78 is 1.49. The van der Waals surface area contributed by atoms with Gasteiger partial charge in [0, 0.05) is 12.8 Å². The summed E-state index contributed by atoms with van der Waals surface area (Å²) in [6.45, 7) is 4.20. The zero-order valence-electron chi connectivity index (χ0n) is 9.68. The van der Waals surface area contributed by atoms with Crippen LogP contribution in [-0.4, -0.2) is 32.4 Å². The summed E-state index contributed by atoms with van der Waals surface area (Å²) >= 11 is 0. The van der Waals surface area contributed by atoms with Gasteiger partial charge in [-0.3, -0.25) is 0 Å². The molecule has 1 aromatic rings. The molecule has 1 atom stereocenters. The molecule has 0 aromatic carbocycles. The predicted molar refractivity (Wildman–Crippen MR) is 59.1 cm³/mol. The molecule has 0 aliphatic rings. The quantitative estimate of drug-likeness (QED) is 0.731. The summed E-state index contributed by atoms with van der Waals surface area (Å²) in [6, 6.07) is -0.701. The Kier molecular flexibility index (Phi) is 4.42. The molecule has 16 heavy (non-hydrogen) atoms. The van der Waals surface area contributed by atoms with Crippen molar-refractivity contribution < 1.29 is 9.90 Å². The van der Waals surface area contributed by atoms with Crippen molar-refractivity contribution in [2.45, 2.75) is 39.2 Å². The van der Waals surface area contributed by atoms with Crippen LogP contribution in [0.5, 0.6) is 0 Å². The predicted octanol–water partition coefficient (Wildman–Crippen LogP) is 0.377. The molecular formula is C10H18N4O2. The van der Waals surface area contributed by atoms with E-state index in [9.17, 15) is 4.79 Å². The van der Waals surface area contributed by atoms with Crippen molar-refractivity contribution in [3.05, 3.63) is 11.6 Å². The number of hydrogen-bond acceptors (Lipinski definition) is 4. The highest BCUT2D eigenvalue weighted by Gasteiger charge is 2.23. The summed E-state index contributed by atoms with van der Waals surface area (Å²) in [7, 11) is 0. The van der Waals surface area contributed by atoms with Crippen molar-refractivity contribution in [3.8, 4) is 0 Å². The molecule has 0 fully saturated rings. The summed E-state index contributed by atoms with van der Waals surface area (Å²) in [5.41, 5.74) is 5.41. The molecular weight excluding hydrogens is 208 g/mol. The third-order valence-electron chi connectivity index (χ3n) is 2.40. The van der Waals surface area contributed by atoms with E-state index in [0.717, 1.165) is 0 Å². The van der Waals surface area contributed by atoms with Crippen molar-refractivity contribution in [2.24, 2.45) is 5.73 Å². The van der Waals surface area contributed by atoms with Crippen LogP contribution in [-0.2, 0) is 17.6 Å². The second-order valence-electron chi connectivity index (χ2n) is 3.53. The summed E-state index contributed by atoms with van der Waals surface area (Å²) in [5, 5.41) is 13.3. The van der Waals surface area contributed by atoms with Crippen molar-refractivity contribution in [1.29, 1.82) is 0 Å². The minimum absolute atomic E-state index is 0.321. The zero-order valence-corrected chi connectivity index (χ0v) is 9.68. The first-order valence-electron chi connectivity index (χ1n) is 5.51. The molecule has 1 rings (SSSR count). The monoisotopic (exact) mass is 226 g/mol. The SMILES string of the molecule is CCc1nc(CC)n(C(CCN)C(=O)O)n1. The lowest BCUT2D eigenvalue weighted by molar-refractivity contribution is -0.141. The number of nitrogens with zero attached hydrogens (tertiary/aromatic N) is 3. The summed E-state index contributed by atoms with van der Waals surface area (Å²) in [5.74, 6) is 0.477. The first-order chi connectivity index (χ1) is 7.63. The van der Waals surface area contributed by atoms with E-state index >= 15 is 0 Å². The van der Waals surface area contributed by atoms with Gasteiger partial charge in [0.2, 0.25) is 0 Å². The molecule has 0 saturated heterocycles. The molecule has 0 aliphatic heterocycles. The van der Waals surface area contributed by atoms with E-state index in [0.29, 0.717) is 37.5 Å². The van der Waals surface area contributed by atoms with Gasteiger partial charge in [-0.15, -0.1) is 0 Å². The van der Waals surface area contributed by atoms with Gasteiger partial charge in [-0.25, -0.2) is 14.5 Å². The van der Waals surface area contributed by atoms with Crippen molar-refractivity contribution in [3.63, 3.8) is 0 Å². The summed E-state index contributed by atoms with van der Waals surface area (Å²) in [6.07, 6.45) is 1.74. The number of aryl methyl sites for hydroxylation is 2. The fourth-order valence-corrected chi connectivity index (χ4v) is 1.55.